The number of carbonyl (C=O) groups is 1. The summed E-state index contributed by atoms with van der Waals surface area (Å²) in [5.41, 5.74) is 0.977. The maximum Gasteiger partial charge on any atom is 0.259 e. The molecule has 0 aliphatic heterocycles. The molecular weight excluding hydrogens is 266 g/mol. The van der Waals surface area contributed by atoms with Crippen molar-refractivity contribution in [3.05, 3.63) is 47.9 Å². The summed E-state index contributed by atoms with van der Waals surface area (Å²) in [6.45, 7) is 1.70. The Balaban J connectivity index is 2.17. The van der Waals surface area contributed by atoms with Crippen LogP contribution in [-0.2, 0) is 9.84 Å². The van der Waals surface area contributed by atoms with Gasteiger partial charge in [-0.05, 0) is 37.3 Å². The van der Waals surface area contributed by atoms with Crippen LogP contribution < -0.4 is 5.32 Å². The molecule has 1 aromatic heterocycles. The summed E-state index contributed by atoms with van der Waals surface area (Å²) < 4.78 is 27.6. The average Bonchev–Trinajstić information content (AvgIpc) is 2.75. The third kappa shape index (κ3) is 3.03. The Morgan fingerprint density at radius 1 is 1.16 bits per heavy atom. The van der Waals surface area contributed by atoms with Gasteiger partial charge in [0.15, 0.2) is 9.84 Å². The van der Waals surface area contributed by atoms with Crippen LogP contribution in [0.1, 0.15) is 16.1 Å². The minimum Gasteiger partial charge on any atom is -0.469 e. The summed E-state index contributed by atoms with van der Waals surface area (Å²) in [6, 6.07) is 7.57. The molecule has 0 unspecified atom stereocenters. The van der Waals surface area contributed by atoms with Gasteiger partial charge in [0.05, 0.1) is 16.7 Å². The number of amides is 1. The van der Waals surface area contributed by atoms with E-state index in [9.17, 15) is 13.2 Å². The van der Waals surface area contributed by atoms with Crippen LogP contribution in [0.15, 0.2) is 45.9 Å². The summed E-state index contributed by atoms with van der Waals surface area (Å²) >= 11 is 0. The van der Waals surface area contributed by atoms with Gasteiger partial charge in [-0.2, -0.15) is 0 Å². The van der Waals surface area contributed by atoms with E-state index in [0.29, 0.717) is 17.0 Å². The molecule has 1 amide bonds. The second kappa shape index (κ2) is 4.89. The maximum absolute atomic E-state index is 11.9. The van der Waals surface area contributed by atoms with Crippen LogP contribution in [0.2, 0.25) is 0 Å². The Morgan fingerprint density at radius 3 is 2.26 bits per heavy atom. The predicted molar refractivity (Wildman–Crippen MR) is 71.0 cm³/mol. The number of carbonyl (C=O) groups excluding carboxylic acids is 1. The molecule has 0 radical (unpaired) electrons. The van der Waals surface area contributed by atoms with E-state index in [-0.39, 0.29) is 10.8 Å². The average molecular weight is 279 g/mol. The SMILES string of the molecule is Cc1occc1C(=O)Nc1ccc(S(C)(=O)=O)cc1. The monoisotopic (exact) mass is 279 g/mol. The molecule has 6 heteroatoms. The molecule has 2 rings (SSSR count). The smallest absolute Gasteiger partial charge is 0.259 e. The summed E-state index contributed by atoms with van der Waals surface area (Å²) in [7, 11) is -3.23. The second-order valence-electron chi connectivity index (χ2n) is 4.14. The van der Waals surface area contributed by atoms with Gasteiger partial charge in [0.25, 0.3) is 5.91 Å². The Morgan fingerprint density at radius 2 is 1.79 bits per heavy atom. The Labute approximate surface area is 111 Å². The zero-order valence-corrected chi connectivity index (χ0v) is 11.3. The van der Waals surface area contributed by atoms with Crippen LogP contribution in [0.4, 0.5) is 5.69 Å². The first-order valence-corrected chi connectivity index (χ1v) is 7.42. The number of sulfone groups is 1. The molecule has 0 spiro atoms. The number of anilines is 1. The Hall–Kier alpha value is -2.08. The van der Waals surface area contributed by atoms with E-state index in [0.717, 1.165) is 6.26 Å². The number of hydrogen-bond donors (Lipinski definition) is 1. The summed E-state index contributed by atoms with van der Waals surface area (Å²) in [5, 5.41) is 2.67. The van der Waals surface area contributed by atoms with Crippen molar-refractivity contribution < 1.29 is 17.6 Å². The molecule has 19 heavy (non-hydrogen) atoms. The van der Waals surface area contributed by atoms with E-state index in [2.05, 4.69) is 5.32 Å². The van der Waals surface area contributed by atoms with E-state index in [1.54, 1.807) is 25.1 Å². The standard InChI is InChI=1S/C13H13NO4S/c1-9-12(7-8-18-9)13(15)14-10-3-5-11(6-4-10)19(2,16)17/h3-8H,1-2H3,(H,14,15). The molecule has 0 saturated carbocycles. The van der Waals surface area contributed by atoms with E-state index >= 15 is 0 Å². The number of furan rings is 1. The molecule has 0 bridgehead atoms. The first-order valence-electron chi connectivity index (χ1n) is 5.53. The molecule has 1 aromatic carbocycles. The van der Waals surface area contributed by atoms with Crippen molar-refractivity contribution in [1.29, 1.82) is 0 Å². The van der Waals surface area contributed by atoms with Crippen LogP contribution >= 0.6 is 0 Å². The fourth-order valence-electron chi connectivity index (χ4n) is 1.60. The highest BCUT2D eigenvalue weighted by Gasteiger charge is 2.12. The van der Waals surface area contributed by atoms with E-state index < -0.39 is 9.84 Å². The quantitative estimate of drug-likeness (QED) is 0.934. The topological polar surface area (TPSA) is 76.4 Å². The molecule has 0 saturated heterocycles. The zero-order valence-electron chi connectivity index (χ0n) is 10.5. The fourth-order valence-corrected chi connectivity index (χ4v) is 2.23. The van der Waals surface area contributed by atoms with Gasteiger partial charge in [0.2, 0.25) is 0 Å². The highest BCUT2D eigenvalue weighted by Crippen LogP contribution is 2.16. The molecule has 100 valence electrons. The molecule has 0 aliphatic rings. The molecule has 1 N–H and O–H groups in total. The van der Waals surface area contributed by atoms with Crippen molar-refractivity contribution >= 4 is 21.4 Å². The first-order chi connectivity index (χ1) is 8.88. The summed E-state index contributed by atoms with van der Waals surface area (Å²) in [5.74, 6) is 0.239. The van der Waals surface area contributed by atoms with Crippen LogP contribution in [0, 0.1) is 6.92 Å². The predicted octanol–water partition coefficient (Wildman–Crippen LogP) is 2.24. The highest BCUT2D eigenvalue weighted by atomic mass is 32.2. The van der Waals surface area contributed by atoms with Gasteiger partial charge >= 0.3 is 0 Å². The lowest BCUT2D eigenvalue weighted by atomic mass is 10.2. The van der Waals surface area contributed by atoms with Gasteiger partial charge < -0.3 is 9.73 Å². The Kier molecular flexibility index (Phi) is 3.44. The molecule has 0 fully saturated rings. The van der Waals surface area contributed by atoms with Gasteiger partial charge in [-0.3, -0.25) is 4.79 Å². The lowest BCUT2D eigenvalue weighted by Gasteiger charge is -2.05. The number of hydrogen-bond acceptors (Lipinski definition) is 4. The fraction of sp³-hybridized carbons (Fsp3) is 0.154. The van der Waals surface area contributed by atoms with Crippen molar-refractivity contribution in [3.8, 4) is 0 Å². The van der Waals surface area contributed by atoms with Crippen molar-refractivity contribution in [2.45, 2.75) is 11.8 Å². The summed E-state index contributed by atoms with van der Waals surface area (Å²) in [4.78, 5) is 12.1. The van der Waals surface area contributed by atoms with Crippen molar-refractivity contribution in [2.24, 2.45) is 0 Å². The highest BCUT2D eigenvalue weighted by molar-refractivity contribution is 7.90. The van der Waals surface area contributed by atoms with Gasteiger partial charge in [-0.25, -0.2) is 8.42 Å². The zero-order chi connectivity index (χ0) is 14.0. The van der Waals surface area contributed by atoms with Crippen LogP contribution in [0.25, 0.3) is 0 Å². The first kappa shape index (κ1) is 13.4. The van der Waals surface area contributed by atoms with Crippen LogP contribution in [-0.4, -0.2) is 20.6 Å². The lowest BCUT2D eigenvalue weighted by molar-refractivity contribution is 0.102. The van der Waals surface area contributed by atoms with E-state index in [1.807, 2.05) is 0 Å². The van der Waals surface area contributed by atoms with Crippen molar-refractivity contribution in [3.63, 3.8) is 0 Å². The maximum atomic E-state index is 11.9. The van der Waals surface area contributed by atoms with Gasteiger partial charge in [0, 0.05) is 11.9 Å². The summed E-state index contributed by atoms with van der Waals surface area (Å²) in [6.07, 6.45) is 2.58. The molecule has 0 atom stereocenters. The van der Waals surface area contributed by atoms with Crippen LogP contribution in [0.3, 0.4) is 0 Å². The van der Waals surface area contributed by atoms with E-state index in [4.69, 9.17) is 4.42 Å². The number of benzene rings is 1. The van der Waals surface area contributed by atoms with Gasteiger partial charge in [-0.15, -0.1) is 0 Å². The lowest BCUT2D eigenvalue weighted by Crippen LogP contribution is -2.12. The third-order valence-electron chi connectivity index (χ3n) is 2.64. The number of aryl methyl sites for hydroxylation is 1. The third-order valence-corrected chi connectivity index (χ3v) is 3.77. The van der Waals surface area contributed by atoms with Gasteiger partial charge in [-0.1, -0.05) is 0 Å². The molecular formula is C13H13NO4S. The molecule has 0 aliphatic carbocycles. The second-order valence-corrected chi connectivity index (χ2v) is 6.16. The van der Waals surface area contributed by atoms with Crippen molar-refractivity contribution in [2.75, 3.05) is 11.6 Å². The number of nitrogens with one attached hydrogen (secondary N) is 1. The number of rotatable bonds is 3. The van der Waals surface area contributed by atoms with E-state index in [1.165, 1.54) is 18.4 Å². The van der Waals surface area contributed by atoms with Crippen LogP contribution in [0.5, 0.6) is 0 Å². The normalized spacial score (nSPS) is 11.3. The largest absolute Gasteiger partial charge is 0.469 e. The van der Waals surface area contributed by atoms with Crippen molar-refractivity contribution in [1.82, 2.24) is 0 Å². The Bertz CT molecular complexity index is 698. The molecule has 2 aromatic rings. The molecule has 1 heterocycles. The molecule has 5 nitrogen and oxygen atoms in total. The minimum atomic E-state index is -3.23. The minimum absolute atomic E-state index is 0.213. The van der Waals surface area contributed by atoms with Gasteiger partial charge in [0.1, 0.15) is 5.76 Å².